The Bertz CT molecular complexity index is 455. The SMILES string of the molecule is N#CC(C#N)C(C#N)(C#N)[C@H]1CCCCC1=O. The minimum atomic E-state index is -1.82. The smallest absolute Gasteiger partial charge is 0.182 e. The second-order valence-electron chi connectivity index (χ2n) is 4.05. The summed E-state index contributed by atoms with van der Waals surface area (Å²) in [4.78, 5) is 11.8. The number of nitrogens with zero attached hydrogens (tertiary/aromatic N) is 4. The Morgan fingerprint density at radius 3 is 2.12 bits per heavy atom. The fourth-order valence-corrected chi connectivity index (χ4v) is 2.21. The third-order valence-electron chi connectivity index (χ3n) is 3.19. The molecule has 1 fully saturated rings. The summed E-state index contributed by atoms with van der Waals surface area (Å²) in [5.41, 5.74) is -1.82. The lowest BCUT2D eigenvalue weighted by Crippen LogP contribution is -2.40. The highest BCUT2D eigenvalue weighted by Gasteiger charge is 2.51. The van der Waals surface area contributed by atoms with E-state index in [1.165, 1.54) is 0 Å². The van der Waals surface area contributed by atoms with Crippen molar-refractivity contribution in [3.05, 3.63) is 0 Å². The second kappa shape index (κ2) is 5.11. The Labute approximate surface area is 99.5 Å². The van der Waals surface area contributed by atoms with Crippen molar-refractivity contribution < 1.29 is 4.79 Å². The molecule has 0 heterocycles. The summed E-state index contributed by atoms with van der Waals surface area (Å²) >= 11 is 0. The first kappa shape index (κ1) is 12.7. The van der Waals surface area contributed by atoms with E-state index in [1.54, 1.807) is 24.3 Å². The molecular weight excluding hydrogens is 216 g/mol. The first-order chi connectivity index (χ1) is 8.16. The van der Waals surface area contributed by atoms with Crippen molar-refractivity contribution >= 4 is 5.78 Å². The fourth-order valence-electron chi connectivity index (χ4n) is 2.21. The van der Waals surface area contributed by atoms with Crippen LogP contribution in [0.1, 0.15) is 25.7 Å². The van der Waals surface area contributed by atoms with Crippen LogP contribution in [-0.4, -0.2) is 5.78 Å². The molecule has 5 heteroatoms. The number of ketones is 1. The van der Waals surface area contributed by atoms with E-state index in [-0.39, 0.29) is 5.78 Å². The van der Waals surface area contributed by atoms with Crippen molar-refractivity contribution in [2.75, 3.05) is 0 Å². The Kier molecular flexibility index (Phi) is 3.82. The van der Waals surface area contributed by atoms with Gasteiger partial charge in [-0.2, -0.15) is 21.0 Å². The van der Waals surface area contributed by atoms with E-state index in [4.69, 9.17) is 21.0 Å². The minimum absolute atomic E-state index is 0.185. The van der Waals surface area contributed by atoms with Crippen LogP contribution in [0.5, 0.6) is 0 Å². The van der Waals surface area contributed by atoms with Crippen molar-refractivity contribution in [2.24, 2.45) is 17.3 Å². The zero-order chi connectivity index (χ0) is 12.9. The van der Waals surface area contributed by atoms with Crippen LogP contribution in [0.2, 0.25) is 0 Å². The van der Waals surface area contributed by atoms with E-state index in [2.05, 4.69) is 0 Å². The topological polar surface area (TPSA) is 112 Å². The number of carbonyl (C=O) groups excluding carboxylic acids is 1. The molecule has 5 nitrogen and oxygen atoms in total. The number of nitriles is 4. The standard InChI is InChI=1S/C12H10N4O/c13-5-9(6-14)12(7-15,8-16)10-3-1-2-4-11(10)17/h9-10H,1-4H2/t10-/m0/s1. The molecular formula is C12H10N4O. The molecule has 0 aromatic carbocycles. The molecule has 0 amide bonds. The summed E-state index contributed by atoms with van der Waals surface area (Å²) in [6, 6.07) is 6.79. The van der Waals surface area contributed by atoms with Crippen molar-refractivity contribution in [3.8, 4) is 24.3 Å². The monoisotopic (exact) mass is 226 g/mol. The third-order valence-corrected chi connectivity index (χ3v) is 3.19. The second-order valence-corrected chi connectivity index (χ2v) is 4.05. The van der Waals surface area contributed by atoms with Gasteiger partial charge in [0.25, 0.3) is 0 Å². The van der Waals surface area contributed by atoms with Crippen LogP contribution in [0, 0.1) is 62.6 Å². The van der Waals surface area contributed by atoms with Crippen molar-refractivity contribution in [3.63, 3.8) is 0 Å². The van der Waals surface area contributed by atoms with Crippen LogP contribution >= 0.6 is 0 Å². The minimum Gasteiger partial charge on any atom is -0.299 e. The molecule has 0 aliphatic heterocycles. The number of Topliss-reactive ketones (excluding diaryl/α,β-unsaturated/α-hetero) is 1. The maximum atomic E-state index is 11.8. The van der Waals surface area contributed by atoms with E-state index in [9.17, 15) is 4.79 Å². The Balaban J connectivity index is 3.23. The molecule has 0 N–H and O–H groups in total. The lowest BCUT2D eigenvalue weighted by Gasteiger charge is -2.31. The van der Waals surface area contributed by atoms with Gasteiger partial charge in [-0.25, -0.2) is 0 Å². The average molecular weight is 226 g/mol. The Morgan fingerprint density at radius 1 is 1.12 bits per heavy atom. The normalized spacial score (nSPS) is 19.8. The summed E-state index contributed by atoms with van der Waals surface area (Å²) in [6.45, 7) is 0. The maximum Gasteiger partial charge on any atom is 0.182 e. The van der Waals surface area contributed by atoms with Gasteiger partial charge in [-0.05, 0) is 12.8 Å². The van der Waals surface area contributed by atoms with Crippen molar-refractivity contribution in [2.45, 2.75) is 25.7 Å². The highest BCUT2D eigenvalue weighted by Crippen LogP contribution is 2.41. The van der Waals surface area contributed by atoms with Gasteiger partial charge in [0.15, 0.2) is 11.3 Å². The molecule has 1 saturated carbocycles. The van der Waals surface area contributed by atoms with Gasteiger partial charge in [-0.3, -0.25) is 4.79 Å². The average Bonchev–Trinajstić information content (AvgIpc) is 2.37. The lowest BCUT2D eigenvalue weighted by atomic mass is 9.64. The molecule has 84 valence electrons. The Morgan fingerprint density at radius 2 is 1.71 bits per heavy atom. The molecule has 0 radical (unpaired) electrons. The van der Waals surface area contributed by atoms with Crippen LogP contribution in [0.4, 0.5) is 0 Å². The van der Waals surface area contributed by atoms with E-state index in [0.29, 0.717) is 12.8 Å². The highest BCUT2D eigenvalue weighted by atomic mass is 16.1. The largest absolute Gasteiger partial charge is 0.299 e. The van der Waals surface area contributed by atoms with Gasteiger partial charge >= 0.3 is 0 Å². The van der Waals surface area contributed by atoms with E-state index in [0.717, 1.165) is 12.8 Å². The van der Waals surface area contributed by atoms with Gasteiger partial charge in [0, 0.05) is 6.42 Å². The molecule has 0 bridgehead atoms. The Hall–Kier alpha value is -2.37. The van der Waals surface area contributed by atoms with Crippen LogP contribution in [0.3, 0.4) is 0 Å². The van der Waals surface area contributed by atoms with E-state index in [1.807, 2.05) is 0 Å². The molecule has 0 aromatic heterocycles. The highest BCUT2D eigenvalue weighted by molar-refractivity contribution is 5.83. The van der Waals surface area contributed by atoms with Crippen LogP contribution in [-0.2, 0) is 4.79 Å². The fraction of sp³-hybridized carbons (Fsp3) is 0.583. The molecule has 17 heavy (non-hydrogen) atoms. The van der Waals surface area contributed by atoms with Crippen molar-refractivity contribution in [1.29, 1.82) is 21.0 Å². The first-order valence-electron chi connectivity index (χ1n) is 5.30. The maximum absolute atomic E-state index is 11.8. The van der Waals surface area contributed by atoms with E-state index >= 15 is 0 Å². The van der Waals surface area contributed by atoms with Crippen LogP contribution in [0.25, 0.3) is 0 Å². The van der Waals surface area contributed by atoms with Gasteiger partial charge < -0.3 is 0 Å². The predicted molar refractivity (Wildman–Crippen MR) is 55.3 cm³/mol. The van der Waals surface area contributed by atoms with Gasteiger partial charge in [0.05, 0.1) is 30.2 Å². The summed E-state index contributed by atoms with van der Waals surface area (Å²) in [7, 11) is 0. The quantitative estimate of drug-likeness (QED) is 0.706. The molecule has 0 saturated heterocycles. The van der Waals surface area contributed by atoms with Crippen molar-refractivity contribution in [1.82, 2.24) is 0 Å². The molecule has 1 rings (SSSR count). The lowest BCUT2D eigenvalue weighted by molar-refractivity contribution is -0.127. The summed E-state index contributed by atoms with van der Waals surface area (Å²) in [5.74, 6) is -2.38. The van der Waals surface area contributed by atoms with Crippen LogP contribution in [0.15, 0.2) is 0 Å². The van der Waals surface area contributed by atoms with Gasteiger partial charge in [-0.15, -0.1) is 0 Å². The molecule has 0 unspecified atom stereocenters. The predicted octanol–water partition coefficient (Wildman–Crippen LogP) is 1.44. The molecule has 1 atom stereocenters. The number of hydrogen-bond donors (Lipinski definition) is 0. The van der Waals surface area contributed by atoms with E-state index < -0.39 is 17.3 Å². The van der Waals surface area contributed by atoms with Crippen LogP contribution < -0.4 is 0 Å². The van der Waals surface area contributed by atoms with Gasteiger partial charge in [0.1, 0.15) is 5.78 Å². The van der Waals surface area contributed by atoms with Gasteiger partial charge in [0.2, 0.25) is 0 Å². The zero-order valence-electron chi connectivity index (χ0n) is 9.18. The summed E-state index contributed by atoms with van der Waals surface area (Å²) < 4.78 is 0. The molecule has 1 aliphatic carbocycles. The molecule has 0 aromatic rings. The zero-order valence-corrected chi connectivity index (χ0v) is 9.18. The number of hydrogen-bond acceptors (Lipinski definition) is 5. The van der Waals surface area contributed by atoms with Gasteiger partial charge in [-0.1, -0.05) is 6.42 Å². The first-order valence-corrected chi connectivity index (χ1v) is 5.30. The summed E-state index contributed by atoms with van der Waals surface area (Å²) in [6.07, 6.45) is 2.20. The molecule has 0 spiro atoms. The molecule has 1 aliphatic rings. The summed E-state index contributed by atoms with van der Waals surface area (Å²) in [5, 5.41) is 36.0. The number of rotatable bonds is 2. The third kappa shape index (κ3) is 1.96. The number of carbonyl (C=O) groups is 1.